The Kier molecular flexibility index (Phi) is 4.57. The van der Waals surface area contributed by atoms with Gasteiger partial charge < -0.3 is 4.74 Å². The van der Waals surface area contributed by atoms with Crippen LogP contribution < -0.4 is 4.74 Å². The van der Waals surface area contributed by atoms with Crippen molar-refractivity contribution in [1.82, 2.24) is 0 Å². The van der Waals surface area contributed by atoms with E-state index in [0.29, 0.717) is 18.1 Å². The lowest BCUT2D eigenvalue weighted by molar-refractivity contribution is -0.133. The summed E-state index contributed by atoms with van der Waals surface area (Å²) >= 11 is 0. The van der Waals surface area contributed by atoms with Crippen LogP contribution in [0.25, 0.3) is 0 Å². The summed E-state index contributed by atoms with van der Waals surface area (Å²) in [4.78, 5) is 11.9. The zero-order chi connectivity index (χ0) is 14.5. The first-order chi connectivity index (χ1) is 9.56. The van der Waals surface area contributed by atoms with Crippen LogP contribution in [0.15, 0.2) is 48.5 Å². The fourth-order valence-corrected chi connectivity index (χ4v) is 2.29. The van der Waals surface area contributed by atoms with Crippen molar-refractivity contribution in [3.8, 4) is 5.75 Å². The van der Waals surface area contributed by atoms with E-state index in [1.54, 1.807) is 0 Å². The van der Waals surface area contributed by atoms with E-state index in [9.17, 15) is 4.79 Å². The first-order valence-corrected chi connectivity index (χ1v) is 6.91. The Morgan fingerprint density at radius 1 is 1.10 bits per heavy atom. The maximum Gasteiger partial charge on any atom is 0.315 e. The highest BCUT2D eigenvalue weighted by atomic mass is 16.5. The minimum absolute atomic E-state index is 0.229. The largest absolute Gasteiger partial charge is 0.426 e. The molecule has 0 spiro atoms. The molecule has 0 saturated heterocycles. The van der Waals surface area contributed by atoms with E-state index in [2.05, 4.69) is 13.8 Å². The van der Waals surface area contributed by atoms with Crippen LogP contribution in [0.3, 0.4) is 0 Å². The fourth-order valence-electron chi connectivity index (χ4n) is 2.29. The van der Waals surface area contributed by atoms with E-state index in [4.69, 9.17) is 4.74 Å². The van der Waals surface area contributed by atoms with Gasteiger partial charge >= 0.3 is 5.97 Å². The lowest BCUT2D eigenvalue weighted by atomic mass is 9.98. The SMILES string of the molecule is Cc1cc(OC(=O)Cc2ccccc2)ccc1C(C)C. The molecule has 0 unspecified atom stereocenters. The molecule has 2 aromatic rings. The number of hydrogen-bond acceptors (Lipinski definition) is 2. The predicted molar refractivity (Wildman–Crippen MR) is 81.0 cm³/mol. The average molecular weight is 268 g/mol. The maximum atomic E-state index is 11.9. The van der Waals surface area contributed by atoms with E-state index in [1.807, 2.05) is 55.5 Å². The Balaban J connectivity index is 2.03. The number of rotatable bonds is 4. The van der Waals surface area contributed by atoms with Crippen molar-refractivity contribution in [1.29, 1.82) is 0 Å². The lowest BCUT2D eigenvalue weighted by Crippen LogP contribution is -2.11. The zero-order valence-electron chi connectivity index (χ0n) is 12.2. The van der Waals surface area contributed by atoms with Gasteiger partial charge in [0.05, 0.1) is 6.42 Å². The van der Waals surface area contributed by atoms with Gasteiger partial charge in [0.25, 0.3) is 0 Å². The molecule has 0 aliphatic carbocycles. The molecule has 0 amide bonds. The summed E-state index contributed by atoms with van der Waals surface area (Å²) in [7, 11) is 0. The van der Waals surface area contributed by atoms with E-state index in [-0.39, 0.29) is 5.97 Å². The van der Waals surface area contributed by atoms with Gasteiger partial charge in [-0.1, -0.05) is 50.2 Å². The van der Waals surface area contributed by atoms with Gasteiger partial charge in [0, 0.05) is 0 Å². The Morgan fingerprint density at radius 3 is 2.40 bits per heavy atom. The molecule has 2 nitrogen and oxygen atoms in total. The van der Waals surface area contributed by atoms with Crippen LogP contribution in [0.2, 0.25) is 0 Å². The molecule has 0 atom stereocenters. The van der Waals surface area contributed by atoms with E-state index >= 15 is 0 Å². The highest BCUT2D eigenvalue weighted by Crippen LogP contribution is 2.23. The topological polar surface area (TPSA) is 26.3 Å². The minimum Gasteiger partial charge on any atom is -0.426 e. The van der Waals surface area contributed by atoms with Gasteiger partial charge in [-0.15, -0.1) is 0 Å². The molecule has 0 aliphatic heterocycles. The van der Waals surface area contributed by atoms with Crippen LogP contribution in [0.4, 0.5) is 0 Å². The third kappa shape index (κ3) is 3.70. The molecule has 0 aromatic heterocycles. The third-order valence-corrected chi connectivity index (χ3v) is 3.29. The second-order valence-corrected chi connectivity index (χ2v) is 5.31. The second-order valence-electron chi connectivity index (χ2n) is 5.31. The summed E-state index contributed by atoms with van der Waals surface area (Å²) in [6.45, 7) is 6.36. The van der Waals surface area contributed by atoms with Gasteiger partial charge in [0.2, 0.25) is 0 Å². The van der Waals surface area contributed by atoms with Crippen molar-refractivity contribution >= 4 is 5.97 Å². The van der Waals surface area contributed by atoms with Gasteiger partial charge in [-0.25, -0.2) is 0 Å². The van der Waals surface area contributed by atoms with E-state index in [1.165, 1.54) is 5.56 Å². The summed E-state index contributed by atoms with van der Waals surface area (Å²) < 4.78 is 5.39. The Bertz CT molecular complexity index is 586. The Hall–Kier alpha value is -2.09. The van der Waals surface area contributed by atoms with Gasteiger partial charge in [0.15, 0.2) is 0 Å². The third-order valence-electron chi connectivity index (χ3n) is 3.29. The van der Waals surface area contributed by atoms with Crippen LogP contribution in [0, 0.1) is 6.92 Å². The van der Waals surface area contributed by atoms with Crippen molar-refractivity contribution in [3.63, 3.8) is 0 Å². The summed E-state index contributed by atoms with van der Waals surface area (Å²) in [5.74, 6) is 0.866. The molecule has 2 heteroatoms. The molecular formula is C18H20O2. The number of esters is 1. The number of ether oxygens (including phenoxy) is 1. The molecule has 0 bridgehead atoms. The van der Waals surface area contributed by atoms with E-state index < -0.39 is 0 Å². The monoisotopic (exact) mass is 268 g/mol. The van der Waals surface area contributed by atoms with Crippen molar-refractivity contribution in [2.75, 3.05) is 0 Å². The average Bonchev–Trinajstić information content (AvgIpc) is 2.39. The number of carbonyl (C=O) groups excluding carboxylic acids is 1. The molecule has 104 valence electrons. The normalized spacial score (nSPS) is 10.6. The molecule has 0 aliphatic rings. The van der Waals surface area contributed by atoms with Crippen LogP contribution >= 0.6 is 0 Å². The molecule has 2 rings (SSSR count). The summed E-state index contributed by atoms with van der Waals surface area (Å²) in [6, 6.07) is 15.5. The smallest absolute Gasteiger partial charge is 0.315 e. The number of carbonyl (C=O) groups is 1. The van der Waals surface area contributed by atoms with Crippen molar-refractivity contribution in [2.24, 2.45) is 0 Å². The lowest BCUT2D eigenvalue weighted by Gasteiger charge is -2.11. The Labute approximate surface area is 120 Å². The van der Waals surface area contributed by atoms with Gasteiger partial charge in [-0.05, 0) is 41.7 Å². The minimum atomic E-state index is -0.229. The molecule has 0 heterocycles. The molecule has 20 heavy (non-hydrogen) atoms. The summed E-state index contributed by atoms with van der Waals surface area (Å²) in [6.07, 6.45) is 0.297. The van der Waals surface area contributed by atoms with E-state index in [0.717, 1.165) is 11.1 Å². The summed E-state index contributed by atoms with van der Waals surface area (Å²) in [5, 5.41) is 0. The first-order valence-electron chi connectivity index (χ1n) is 6.91. The predicted octanol–water partition coefficient (Wildman–Crippen LogP) is 4.27. The molecule has 0 N–H and O–H groups in total. The fraction of sp³-hybridized carbons (Fsp3) is 0.278. The number of aryl methyl sites for hydroxylation is 1. The standard InChI is InChI=1S/C18H20O2/c1-13(2)17-10-9-16(11-14(17)3)20-18(19)12-15-7-5-4-6-8-15/h4-11,13H,12H2,1-3H3. The van der Waals surface area contributed by atoms with Crippen LogP contribution in [-0.4, -0.2) is 5.97 Å². The first kappa shape index (κ1) is 14.3. The van der Waals surface area contributed by atoms with Crippen LogP contribution in [-0.2, 0) is 11.2 Å². The number of hydrogen-bond donors (Lipinski definition) is 0. The molecule has 0 radical (unpaired) electrons. The Morgan fingerprint density at radius 2 is 1.80 bits per heavy atom. The van der Waals surface area contributed by atoms with Gasteiger partial charge in [-0.3, -0.25) is 4.79 Å². The quantitative estimate of drug-likeness (QED) is 0.611. The number of benzene rings is 2. The van der Waals surface area contributed by atoms with Crippen LogP contribution in [0.5, 0.6) is 5.75 Å². The highest BCUT2D eigenvalue weighted by molar-refractivity contribution is 5.75. The maximum absolute atomic E-state index is 11.9. The van der Waals surface area contributed by atoms with Crippen molar-refractivity contribution in [3.05, 3.63) is 65.2 Å². The van der Waals surface area contributed by atoms with Crippen molar-refractivity contribution < 1.29 is 9.53 Å². The zero-order valence-corrected chi connectivity index (χ0v) is 12.2. The van der Waals surface area contributed by atoms with Crippen LogP contribution in [0.1, 0.15) is 36.5 Å². The highest BCUT2D eigenvalue weighted by Gasteiger charge is 2.09. The second kappa shape index (κ2) is 6.38. The van der Waals surface area contributed by atoms with Gasteiger partial charge in [-0.2, -0.15) is 0 Å². The molecule has 0 saturated carbocycles. The van der Waals surface area contributed by atoms with Crippen molar-refractivity contribution in [2.45, 2.75) is 33.1 Å². The summed E-state index contributed by atoms with van der Waals surface area (Å²) in [5.41, 5.74) is 3.41. The molecular weight excluding hydrogens is 248 g/mol. The molecule has 0 fully saturated rings. The molecule has 2 aromatic carbocycles. The van der Waals surface area contributed by atoms with Gasteiger partial charge in [0.1, 0.15) is 5.75 Å².